The molecule has 202 valence electrons. The lowest BCUT2D eigenvalue weighted by Gasteiger charge is -2.23. The molecule has 1 saturated heterocycles. The normalized spacial score (nSPS) is 17.1. The van der Waals surface area contributed by atoms with Crippen molar-refractivity contribution >= 4 is 35.7 Å². The second kappa shape index (κ2) is 10.4. The summed E-state index contributed by atoms with van der Waals surface area (Å²) in [4.78, 5) is 34.4. The average molecular weight is 546 g/mol. The van der Waals surface area contributed by atoms with Gasteiger partial charge in [0.15, 0.2) is 0 Å². The fraction of sp³-hybridized carbons (Fsp3) is 0.615. The van der Waals surface area contributed by atoms with Crippen LogP contribution in [0.5, 0.6) is 0 Å². The van der Waals surface area contributed by atoms with E-state index in [-0.39, 0.29) is 18.3 Å². The van der Waals surface area contributed by atoms with E-state index in [2.05, 4.69) is 36.7 Å². The maximum absolute atomic E-state index is 13.8. The molecule has 0 radical (unpaired) electrons. The number of carbonyl (C=O) groups is 1. The summed E-state index contributed by atoms with van der Waals surface area (Å²) in [5, 5.41) is 4.36. The van der Waals surface area contributed by atoms with Crippen molar-refractivity contribution in [2.24, 2.45) is 0 Å². The Balaban J connectivity index is 1.71. The zero-order valence-corrected chi connectivity index (χ0v) is 25.1. The molecule has 1 fully saturated rings. The number of hydrogen-bond acceptors (Lipinski definition) is 8. The molecule has 3 aromatic rings. The van der Waals surface area contributed by atoms with Gasteiger partial charge in [-0.2, -0.15) is 9.78 Å². The number of nitrogens with zero attached hydrogens (tertiary/aromatic N) is 5. The van der Waals surface area contributed by atoms with E-state index in [1.165, 1.54) is 16.0 Å². The summed E-state index contributed by atoms with van der Waals surface area (Å²) in [7, 11) is 0.844. The smallest absolute Gasteiger partial charge is 0.435 e. The van der Waals surface area contributed by atoms with E-state index in [1.54, 1.807) is 10.8 Å². The third kappa shape index (κ3) is 6.39. The van der Waals surface area contributed by atoms with E-state index in [0.29, 0.717) is 22.5 Å². The Kier molecular flexibility index (Phi) is 7.81. The topological polar surface area (TPSA) is 91.5 Å². The van der Waals surface area contributed by atoms with Crippen molar-refractivity contribution in [3.8, 4) is 10.4 Å². The van der Waals surface area contributed by atoms with Gasteiger partial charge in [0.1, 0.15) is 22.9 Å². The Morgan fingerprint density at radius 3 is 2.62 bits per heavy atom. The van der Waals surface area contributed by atoms with Gasteiger partial charge >= 0.3 is 6.09 Å². The Labute approximate surface area is 223 Å². The molecule has 1 aliphatic rings. The number of hydrogen-bond donors (Lipinski definition) is 0. The Morgan fingerprint density at radius 2 is 2.00 bits per heavy atom. The first kappa shape index (κ1) is 27.7. The monoisotopic (exact) mass is 545 g/mol. The van der Waals surface area contributed by atoms with Crippen molar-refractivity contribution < 1.29 is 14.3 Å². The van der Waals surface area contributed by atoms with Crippen LogP contribution in [-0.4, -0.2) is 64.2 Å². The minimum absolute atomic E-state index is 0.0812. The third-order valence-electron chi connectivity index (χ3n) is 6.44. The summed E-state index contributed by atoms with van der Waals surface area (Å²) in [6.45, 7) is 16.1. The molecule has 0 N–H and O–H groups in total. The molecule has 1 aliphatic heterocycles. The lowest BCUT2D eigenvalue weighted by molar-refractivity contribution is 0.0514. The summed E-state index contributed by atoms with van der Waals surface area (Å²) in [5.41, 5.74) is 1.43. The van der Waals surface area contributed by atoms with Crippen LogP contribution in [-0.2, 0) is 16.2 Å². The SMILES string of the molecule is Cc1nn(C(=O)OC(C)(C)C)cc1-c1cc2nc([C@@H]3CCCN3C)n(COCC[Si](C)(C)C)c(=O)c2s1. The van der Waals surface area contributed by atoms with E-state index in [9.17, 15) is 9.59 Å². The Hall–Kier alpha value is -2.34. The van der Waals surface area contributed by atoms with Crippen molar-refractivity contribution in [3.05, 3.63) is 34.1 Å². The summed E-state index contributed by atoms with van der Waals surface area (Å²) in [6.07, 6.45) is 3.16. The van der Waals surface area contributed by atoms with Crippen molar-refractivity contribution in [1.29, 1.82) is 0 Å². The van der Waals surface area contributed by atoms with Crippen molar-refractivity contribution in [3.63, 3.8) is 0 Å². The number of rotatable bonds is 7. The Morgan fingerprint density at radius 1 is 1.27 bits per heavy atom. The second-order valence-electron chi connectivity index (χ2n) is 12.1. The van der Waals surface area contributed by atoms with Gasteiger partial charge in [0.25, 0.3) is 5.56 Å². The molecule has 0 saturated carbocycles. The van der Waals surface area contributed by atoms with Crippen LogP contribution in [0.3, 0.4) is 0 Å². The number of thiophene rings is 1. The number of aromatic nitrogens is 4. The maximum Gasteiger partial charge on any atom is 0.435 e. The first-order chi connectivity index (χ1) is 17.2. The minimum Gasteiger partial charge on any atom is -0.442 e. The van der Waals surface area contributed by atoms with Crippen LogP contribution in [0.15, 0.2) is 17.1 Å². The van der Waals surface area contributed by atoms with Crippen molar-refractivity contribution in [2.75, 3.05) is 20.2 Å². The molecule has 3 aromatic heterocycles. The molecule has 0 spiro atoms. The second-order valence-corrected chi connectivity index (χ2v) is 18.7. The summed E-state index contributed by atoms with van der Waals surface area (Å²) in [5.74, 6) is 0.760. The van der Waals surface area contributed by atoms with Gasteiger partial charge in [0.2, 0.25) is 0 Å². The minimum atomic E-state index is -1.24. The van der Waals surface area contributed by atoms with Gasteiger partial charge in [0, 0.05) is 31.3 Å². The molecule has 4 rings (SSSR count). The highest BCUT2D eigenvalue weighted by Crippen LogP contribution is 2.35. The molecule has 0 bridgehead atoms. The molecular formula is C26H39N5O4SSi. The number of aryl methyl sites for hydroxylation is 1. The molecule has 1 atom stereocenters. The summed E-state index contributed by atoms with van der Waals surface area (Å²) >= 11 is 1.38. The molecule has 0 amide bonds. The lowest BCUT2D eigenvalue weighted by atomic mass is 10.2. The molecular weight excluding hydrogens is 506 g/mol. The maximum atomic E-state index is 13.8. The van der Waals surface area contributed by atoms with Gasteiger partial charge in [-0.05, 0) is 66.2 Å². The number of fused-ring (bicyclic) bond motifs is 1. The number of ether oxygens (including phenoxy) is 2. The third-order valence-corrected chi connectivity index (χ3v) is 9.29. The molecule has 4 heterocycles. The molecule has 0 unspecified atom stereocenters. The van der Waals surface area contributed by atoms with Gasteiger partial charge in [-0.15, -0.1) is 11.3 Å². The van der Waals surface area contributed by atoms with Gasteiger partial charge < -0.3 is 9.47 Å². The number of carbonyl (C=O) groups excluding carboxylic acids is 1. The number of likely N-dealkylation sites (tertiary alicyclic amines) is 1. The quantitative estimate of drug-likeness (QED) is 0.286. The van der Waals surface area contributed by atoms with Crippen molar-refractivity contribution in [1.82, 2.24) is 24.2 Å². The lowest BCUT2D eigenvalue weighted by Crippen LogP contribution is -2.31. The van der Waals surface area contributed by atoms with Crippen LogP contribution in [0.25, 0.3) is 20.7 Å². The summed E-state index contributed by atoms with van der Waals surface area (Å²) in [6, 6.07) is 3.05. The van der Waals surface area contributed by atoms with E-state index >= 15 is 0 Å². The Bertz CT molecular complexity index is 1350. The summed E-state index contributed by atoms with van der Waals surface area (Å²) < 4.78 is 15.0. The molecule has 0 aliphatic carbocycles. The van der Waals surface area contributed by atoms with Crippen LogP contribution in [0.1, 0.15) is 51.2 Å². The predicted molar refractivity (Wildman–Crippen MR) is 150 cm³/mol. The highest BCUT2D eigenvalue weighted by Gasteiger charge is 2.29. The molecule has 37 heavy (non-hydrogen) atoms. The first-order valence-corrected chi connectivity index (χ1v) is 17.4. The van der Waals surface area contributed by atoms with Crippen molar-refractivity contribution in [2.45, 2.75) is 84.6 Å². The highest BCUT2D eigenvalue weighted by molar-refractivity contribution is 7.22. The highest BCUT2D eigenvalue weighted by atomic mass is 32.1. The largest absolute Gasteiger partial charge is 0.442 e. The zero-order valence-electron chi connectivity index (χ0n) is 23.3. The first-order valence-electron chi connectivity index (χ1n) is 12.9. The van der Waals surface area contributed by atoms with Gasteiger partial charge in [0.05, 0.1) is 17.3 Å². The van der Waals surface area contributed by atoms with Crippen LogP contribution in [0.2, 0.25) is 25.7 Å². The zero-order chi connectivity index (χ0) is 27.1. The van der Waals surface area contributed by atoms with Gasteiger partial charge in [-0.1, -0.05) is 19.6 Å². The fourth-order valence-electron chi connectivity index (χ4n) is 4.41. The van der Waals surface area contributed by atoms with Crippen LogP contribution in [0.4, 0.5) is 4.79 Å². The van der Waals surface area contributed by atoms with Gasteiger partial charge in [-0.3, -0.25) is 14.3 Å². The van der Waals surface area contributed by atoms with Gasteiger partial charge in [-0.25, -0.2) is 9.78 Å². The van der Waals surface area contributed by atoms with Crippen LogP contribution < -0.4 is 5.56 Å². The average Bonchev–Trinajstić information content (AvgIpc) is 3.48. The van der Waals surface area contributed by atoms with E-state index in [1.807, 2.05) is 33.8 Å². The molecule has 11 heteroatoms. The van der Waals surface area contributed by atoms with E-state index in [4.69, 9.17) is 14.5 Å². The fourth-order valence-corrected chi connectivity index (χ4v) is 6.28. The van der Waals surface area contributed by atoms with Crippen LogP contribution in [0, 0.1) is 6.92 Å². The molecule has 9 nitrogen and oxygen atoms in total. The van der Waals surface area contributed by atoms with Crippen LogP contribution >= 0.6 is 11.3 Å². The predicted octanol–water partition coefficient (Wildman–Crippen LogP) is 5.49. The standard InChI is InChI=1S/C26H39N5O4SSi/c1-17-18(15-31(28-17)25(33)35-26(2,3)4)21-14-19-22(36-21)24(32)30(16-34-12-13-37(6,7)8)23(27-19)20-10-9-11-29(20)5/h14-15,20H,9-13,16H2,1-8H3/t20-/m0/s1. The molecule has 0 aromatic carbocycles. The van der Waals surface area contributed by atoms with E-state index < -0.39 is 19.8 Å². The van der Waals surface area contributed by atoms with E-state index in [0.717, 1.165) is 41.7 Å².